The predicted octanol–water partition coefficient (Wildman–Crippen LogP) is 3.60. The Bertz CT molecular complexity index is 991. The van der Waals surface area contributed by atoms with E-state index in [1.165, 1.54) is 32.1 Å². The highest BCUT2D eigenvalue weighted by Crippen LogP contribution is 2.53. The number of amides is 1. The zero-order valence-electron chi connectivity index (χ0n) is 19.0. The summed E-state index contributed by atoms with van der Waals surface area (Å²) in [6, 6.07) is 6.91. The number of aromatic nitrogens is 2. The summed E-state index contributed by atoms with van der Waals surface area (Å²) in [5.74, 6) is 2.00. The van der Waals surface area contributed by atoms with Gasteiger partial charge in [-0.2, -0.15) is 5.10 Å². The Morgan fingerprint density at radius 3 is 2.06 bits per heavy atom. The van der Waals surface area contributed by atoms with Gasteiger partial charge in [-0.25, -0.2) is 9.48 Å². The minimum absolute atomic E-state index is 0. The Kier molecular flexibility index (Phi) is 5.65. The van der Waals surface area contributed by atoms with Crippen molar-refractivity contribution in [3.8, 4) is 5.69 Å². The lowest BCUT2D eigenvalue weighted by atomic mass is 9.54. The van der Waals surface area contributed by atoms with Crippen LogP contribution in [0.3, 0.4) is 0 Å². The number of carbonyl (C=O) groups excluding carboxylic acids is 1. The Morgan fingerprint density at radius 1 is 1.00 bits per heavy atom. The maximum Gasteiger partial charge on any atom is 0.335 e. The second kappa shape index (κ2) is 8.03. The molecular formula is C25H33N3O4. The summed E-state index contributed by atoms with van der Waals surface area (Å²) in [6.07, 6.45) is 8.11. The Morgan fingerprint density at radius 2 is 1.56 bits per heavy atom. The number of hydrogen-bond donors (Lipinski definition) is 2. The second-order valence-corrected chi connectivity index (χ2v) is 10.9. The molecule has 4 bridgehead atoms. The smallest absolute Gasteiger partial charge is 0.335 e. The van der Waals surface area contributed by atoms with Gasteiger partial charge in [0.25, 0.3) is 5.91 Å². The molecule has 0 saturated heterocycles. The predicted molar refractivity (Wildman–Crippen MR) is 121 cm³/mol. The third-order valence-electron chi connectivity index (χ3n) is 7.61. The van der Waals surface area contributed by atoms with E-state index in [-0.39, 0.29) is 28.4 Å². The van der Waals surface area contributed by atoms with Crippen LogP contribution in [0.5, 0.6) is 0 Å². The van der Waals surface area contributed by atoms with Gasteiger partial charge in [0.15, 0.2) is 0 Å². The zero-order valence-corrected chi connectivity index (χ0v) is 19.0. The lowest BCUT2D eigenvalue weighted by Gasteiger charge is -2.54. The number of carboxylic acids is 1. The summed E-state index contributed by atoms with van der Waals surface area (Å²) in [6.45, 7) is 6.23. The summed E-state index contributed by atoms with van der Waals surface area (Å²) in [5.41, 5.74) is 2.13. The van der Waals surface area contributed by atoms with Gasteiger partial charge in [-0.15, -0.1) is 0 Å². The molecule has 4 saturated carbocycles. The molecular weight excluding hydrogens is 406 g/mol. The first kappa shape index (κ1) is 22.5. The molecule has 4 aliphatic carbocycles. The molecule has 1 amide bonds. The molecule has 32 heavy (non-hydrogen) atoms. The molecule has 0 spiro atoms. The van der Waals surface area contributed by atoms with Crippen molar-refractivity contribution in [3.05, 3.63) is 47.3 Å². The summed E-state index contributed by atoms with van der Waals surface area (Å²) in [7, 11) is 0. The molecule has 4 aliphatic rings. The molecule has 1 heterocycles. The lowest BCUT2D eigenvalue weighted by molar-refractivity contribution is -0.0119. The van der Waals surface area contributed by atoms with Crippen LogP contribution >= 0.6 is 0 Å². The maximum atomic E-state index is 13.5. The average Bonchev–Trinajstić information content (AvgIpc) is 3.16. The Labute approximate surface area is 188 Å². The van der Waals surface area contributed by atoms with E-state index in [2.05, 4.69) is 31.2 Å². The van der Waals surface area contributed by atoms with Gasteiger partial charge in [-0.3, -0.25) is 4.79 Å². The first-order valence-corrected chi connectivity index (χ1v) is 11.4. The summed E-state index contributed by atoms with van der Waals surface area (Å²) < 4.78 is 1.78. The van der Waals surface area contributed by atoms with Gasteiger partial charge < -0.3 is 15.9 Å². The monoisotopic (exact) mass is 439 g/mol. The minimum atomic E-state index is -0.959. The molecule has 0 aliphatic heterocycles. The van der Waals surface area contributed by atoms with Gasteiger partial charge in [-0.1, -0.05) is 20.8 Å². The SMILES string of the molecule is CC(C)(C)c1c(C(=O)NC2C3CC4CC(C3)CC2C4)cnn1-c1ccc(C(=O)O)cc1.O. The number of hydrogen-bond acceptors (Lipinski definition) is 3. The van der Waals surface area contributed by atoms with Crippen molar-refractivity contribution < 1.29 is 20.2 Å². The molecule has 0 unspecified atom stereocenters. The molecule has 7 nitrogen and oxygen atoms in total. The highest BCUT2D eigenvalue weighted by atomic mass is 16.4. The highest BCUT2D eigenvalue weighted by molar-refractivity contribution is 5.96. The fourth-order valence-corrected chi connectivity index (χ4v) is 6.57. The van der Waals surface area contributed by atoms with Gasteiger partial charge >= 0.3 is 5.97 Å². The van der Waals surface area contributed by atoms with E-state index in [0.29, 0.717) is 17.4 Å². The van der Waals surface area contributed by atoms with E-state index in [1.54, 1.807) is 35.1 Å². The number of nitrogens with zero attached hydrogens (tertiary/aromatic N) is 2. The molecule has 0 atom stereocenters. The topological polar surface area (TPSA) is 116 Å². The fourth-order valence-electron chi connectivity index (χ4n) is 6.57. The number of aromatic carboxylic acids is 1. The molecule has 1 aromatic carbocycles. The minimum Gasteiger partial charge on any atom is -0.478 e. The molecule has 6 rings (SSSR count). The third kappa shape index (κ3) is 3.83. The van der Waals surface area contributed by atoms with Crippen molar-refractivity contribution in [2.45, 2.75) is 64.3 Å². The molecule has 4 N–H and O–H groups in total. The highest BCUT2D eigenvalue weighted by Gasteiger charge is 2.48. The summed E-state index contributed by atoms with van der Waals surface area (Å²) >= 11 is 0. The molecule has 1 aromatic heterocycles. The Balaban J connectivity index is 0.00000245. The zero-order chi connectivity index (χ0) is 21.9. The fraction of sp³-hybridized carbons (Fsp3) is 0.560. The second-order valence-electron chi connectivity index (χ2n) is 10.9. The summed E-state index contributed by atoms with van der Waals surface area (Å²) in [5, 5.41) is 17.1. The lowest BCUT2D eigenvalue weighted by Crippen LogP contribution is -2.55. The van der Waals surface area contributed by atoms with Crippen molar-refractivity contribution >= 4 is 11.9 Å². The van der Waals surface area contributed by atoms with Crippen LogP contribution in [0, 0.1) is 23.7 Å². The largest absolute Gasteiger partial charge is 0.478 e. The third-order valence-corrected chi connectivity index (χ3v) is 7.61. The first-order chi connectivity index (χ1) is 14.7. The standard InChI is InChI=1S/C25H31N3O3.H2O/c1-25(2,3)22-20(13-26-28(22)19-6-4-16(5-7-19)24(30)31)23(29)27-21-17-9-14-8-15(11-17)12-18(21)10-14;/h4-7,13-15,17-18,21H,8-12H2,1-3H3,(H,27,29)(H,30,31);1H2. The van der Waals surface area contributed by atoms with Crippen molar-refractivity contribution in [3.63, 3.8) is 0 Å². The van der Waals surface area contributed by atoms with Crippen LogP contribution in [0.25, 0.3) is 5.69 Å². The molecule has 2 aromatic rings. The number of benzene rings is 1. The van der Waals surface area contributed by atoms with Crippen LogP contribution in [0.15, 0.2) is 30.5 Å². The number of nitrogens with one attached hydrogen (secondary N) is 1. The van der Waals surface area contributed by atoms with Crippen LogP contribution in [0.1, 0.15) is 79.3 Å². The molecule has 0 radical (unpaired) electrons. The van der Waals surface area contributed by atoms with Gasteiger partial charge in [-0.05, 0) is 80.0 Å². The van der Waals surface area contributed by atoms with Crippen molar-refractivity contribution in [2.24, 2.45) is 23.7 Å². The first-order valence-electron chi connectivity index (χ1n) is 11.4. The molecule has 7 heteroatoms. The van der Waals surface area contributed by atoms with Crippen LogP contribution in [-0.4, -0.2) is 38.3 Å². The van der Waals surface area contributed by atoms with Gasteiger partial charge in [0.2, 0.25) is 0 Å². The van der Waals surface area contributed by atoms with Gasteiger partial charge in [0, 0.05) is 11.5 Å². The number of carbonyl (C=O) groups is 2. The van der Waals surface area contributed by atoms with Crippen LogP contribution in [-0.2, 0) is 5.41 Å². The average molecular weight is 440 g/mol. The van der Waals surface area contributed by atoms with E-state index in [9.17, 15) is 14.7 Å². The molecule has 172 valence electrons. The van der Waals surface area contributed by atoms with E-state index in [4.69, 9.17) is 0 Å². The van der Waals surface area contributed by atoms with E-state index >= 15 is 0 Å². The number of carboxylic acid groups (broad SMARTS) is 1. The van der Waals surface area contributed by atoms with E-state index in [1.807, 2.05) is 0 Å². The summed E-state index contributed by atoms with van der Waals surface area (Å²) in [4.78, 5) is 24.6. The number of rotatable bonds is 4. The maximum absolute atomic E-state index is 13.5. The van der Waals surface area contributed by atoms with Crippen molar-refractivity contribution in [2.75, 3.05) is 0 Å². The quantitative estimate of drug-likeness (QED) is 0.757. The van der Waals surface area contributed by atoms with Crippen LogP contribution in [0.4, 0.5) is 0 Å². The van der Waals surface area contributed by atoms with Gasteiger partial charge in [0.05, 0.1) is 28.7 Å². The molecule has 4 fully saturated rings. The van der Waals surface area contributed by atoms with Crippen molar-refractivity contribution in [1.82, 2.24) is 15.1 Å². The van der Waals surface area contributed by atoms with E-state index in [0.717, 1.165) is 23.2 Å². The van der Waals surface area contributed by atoms with Crippen LogP contribution in [0.2, 0.25) is 0 Å². The van der Waals surface area contributed by atoms with E-state index < -0.39 is 5.97 Å². The van der Waals surface area contributed by atoms with Gasteiger partial charge in [0.1, 0.15) is 0 Å². The Hall–Kier alpha value is -2.67. The normalized spacial score (nSPS) is 28.3. The van der Waals surface area contributed by atoms with Crippen molar-refractivity contribution in [1.29, 1.82) is 0 Å². The van der Waals surface area contributed by atoms with Crippen LogP contribution < -0.4 is 5.32 Å².